The summed E-state index contributed by atoms with van der Waals surface area (Å²) in [7, 11) is 1.99. The van der Waals surface area contributed by atoms with E-state index in [1.54, 1.807) is 0 Å². The molecule has 20 heavy (non-hydrogen) atoms. The van der Waals surface area contributed by atoms with Gasteiger partial charge in [-0.15, -0.1) is 0 Å². The van der Waals surface area contributed by atoms with Crippen LogP contribution in [0.3, 0.4) is 0 Å². The molecule has 0 saturated carbocycles. The van der Waals surface area contributed by atoms with E-state index < -0.39 is 0 Å². The number of aromatic nitrogens is 2. The summed E-state index contributed by atoms with van der Waals surface area (Å²) in [6.45, 7) is 9.71. The zero-order chi connectivity index (χ0) is 14.7. The lowest BCUT2D eigenvalue weighted by Crippen LogP contribution is -2.17. The molecule has 0 radical (unpaired) electrons. The Morgan fingerprint density at radius 1 is 1.25 bits per heavy atom. The van der Waals surface area contributed by atoms with Crippen molar-refractivity contribution in [3.8, 4) is 11.1 Å². The molecular formula is C17H25N3. The van der Waals surface area contributed by atoms with Gasteiger partial charge in [0.05, 0.1) is 5.69 Å². The standard InChI is InChI=1S/C17H25N3/c1-6-18-13(4)14-8-7-9-15(10-14)16-11-20(5)19-17(16)12(2)3/h7-13,18H,6H2,1-5H3. The van der Waals surface area contributed by atoms with E-state index in [2.05, 4.69) is 68.6 Å². The normalized spacial score (nSPS) is 12.9. The summed E-state index contributed by atoms with van der Waals surface area (Å²) in [6.07, 6.45) is 2.12. The molecule has 1 unspecified atom stereocenters. The average Bonchev–Trinajstić information content (AvgIpc) is 2.81. The van der Waals surface area contributed by atoms with E-state index in [9.17, 15) is 0 Å². The van der Waals surface area contributed by atoms with E-state index in [0.29, 0.717) is 12.0 Å². The molecule has 0 saturated heterocycles. The highest BCUT2D eigenvalue weighted by Crippen LogP contribution is 2.29. The van der Waals surface area contributed by atoms with Crippen molar-refractivity contribution in [1.29, 1.82) is 0 Å². The minimum absolute atomic E-state index is 0.374. The van der Waals surface area contributed by atoms with E-state index >= 15 is 0 Å². The maximum atomic E-state index is 4.60. The van der Waals surface area contributed by atoms with E-state index in [1.165, 1.54) is 22.4 Å². The maximum absolute atomic E-state index is 4.60. The lowest BCUT2D eigenvalue weighted by molar-refractivity contribution is 0.598. The van der Waals surface area contributed by atoms with Gasteiger partial charge in [0.1, 0.15) is 0 Å². The monoisotopic (exact) mass is 271 g/mol. The van der Waals surface area contributed by atoms with Crippen LogP contribution in [0.4, 0.5) is 0 Å². The van der Waals surface area contributed by atoms with Crippen LogP contribution in [0.25, 0.3) is 11.1 Å². The van der Waals surface area contributed by atoms with Crippen LogP contribution in [0, 0.1) is 0 Å². The molecule has 0 amide bonds. The molecule has 2 rings (SSSR count). The molecule has 0 bridgehead atoms. The van der Waals surface area contributed by atoms with Crippen LogP contribution in [0.1, 0.15) is 50.9 Å². The maximum Gasteiger partial charge on any atom is 0.0728 e. The van der Waals surface area contributed by atoms with Crippen molar-refractivity contribution in [3.63, 3.8) is 0 Å². The minimum Gasteiger partial charge on any atom is -0.310 e. The van der Waals surface area contributed by atoms with Crippen LogP contribution in [-0.4, -0.2) is 16.3 Å². The predicted octanol–water partition coefficient (Wildman–Crippen LogP) is 3.88. The van der Waals surface area contributed by atoms with Gasteiger partial charge in [-0.1, -0.05) is 39.0 Å². The van der Waals surface area contributed by atoms with Gasteiger partial charge in [-0.2, -0.15) is 5.10 Å². The van der Waals surface area contributed by atoms with E-state index in [4.69, 9.17) is 0 Å². The van der Waals surface area contributed by atoms with Crippen molar-refractivity contribution in [2.45, 2.75) is 39.7 Å². The highest BCUT2D eigenvalue weighted by molar-refractivity contribution is 5.66. The largest absolute Gasteiger partial charge is 0.310 e. The van der Waals surface area contributed by atoms with E-state index in [1.807, 2.05) is 11.7 Å². The van der Waals surface area contributed by atoms with Gasteiger partial charge in [0.2, 0.25) is 0 Å². The van der Waals surface area contributed by atoms with E-state index in [0.717, 1.165) is 6.54 Å². The molecule has 3 nitrogen and oxygen atoms in total. The molecule has 1 atom stereocenters. The summed E-state index contributed by atoms with van der Waals surface area (Å²) in [5.41, 5.74) is 4.99. The highest BCUT2D eigenvalue weighted by Gasteiger charge is 2.14. The first-order valence-corrected chi connectivity index (χ1v) is 7.40. The summed E-state index contributed by atoms with van der Waals surface area (Å²) in [6, 6.07) is 9.14. The second kappa shape index (κ2) is 6.23. The van der Waals surface area contributed by atoms with Gasteiger partial charge in [-0.3, -0.25) is 4.68 Å². The second-order valence-electron chi connectivity index (χ2n) is 5.66. The third-order valence-corrected chi connectivity index (χ3v) is 3.61. The van der Waals surface area contributed by atoms with Crippen molar-refractivity contribution in [2.75, 3.05) is 6.54 Å². The minimum atomic E-state index is 0.374. The van der Waals surface area contributed by atoms with Crippen molar-refractivity contribution in [3.05, 3.63) is 41.7 Å². The summed E-state index contributed by atoms with van der Waals surface area (Å²) >= 11 is 0. The molecule has 0 aliphatic rings. The van der Waals surface area contributed by atoms with Crippen molar-refractivity contribution < 1.29 is 0 Å². The fourth-order valence-electron chi connectivity index (χ4n) is 2.55. The molecule has 3 heteroatoms. The van der Waals surface area contributed by atoms with Gasteiger partial charge in [-0.25, -0.2) is 0 Å². The Bertz CT molecular complexity index is 569. The Labute approximate surface area is 122 Å². The zero-order valence-corrected chi connectivity index (χ0v) is 13.1. The first-order chi connectivity index (χ1) is 9.52. The molecule has 1 aromatic carbocycles. The summed E-state index contributed by atoms with van der Waals surface area (Å²) < 4.78 is 1.91. The van der Waals surface area contributed by atoms with Crippen LogP contribution in [0.2, 0.25) is 0 Å². The Kier molecular flexibility index (Phi) is 4.61. The van der Waals surface area contributed by atoms with Crippen LogP contribution >= 0.6 is 0 Å². The predicted molar refractivity (Wildman–Crippen MR) is 84.8 cm³/mol. The fraction of sp³-hybridized carbons (Fsp3) is 0.471. The summed E-state index contributed by atoms with van der Waals surface area (Å²) in [5, 5.41) is 8.06. The fourth-order valence-corrected chi connectivity index (χ4v) is 2.55. The number of rotatable bonds is 5. The van der Waals surface area contributed by atoms with Crippen LogP contribution < -0.4 is 5.32 Å². The number of nitrogens with one attached hydrogen (secondary N) is 1. The molecule has 2 aromatic rings. The van der Waals surface area contributed by atoms with Gasteiger partial charge >= 0.3 is 0 Å². The molecule has 0 spiro atoms. The van der Waals surface area contributed by atoms with Gasteiger partial charge in [0.15, 0.2) is 0 Å². The smallest absolute Gasteiger partial charge is 0.0728 e. The van der Waals surface area contributed by atoms with Crippen LogP contribution in [0.5, 0.6) is 0 Å². The first kappa shape index (κ1) is 14.8. The quantitative estimate of drug-likeness (QED) is 0.894. The number of hydrogen-bond donors (Lipinski definition) is 1. The summed E-state index contributed by atoms with van der Waals surface area (Å²) in [4.78, 5) is 0. The average molecular weight is 271 g/mol. The van der Waals surface area contributed by atoms with Gasteiger partial charge in [0.25, 0.3) is 0 Å². The third kappa shape index (κ3) is 3.10. The molecule has 108 valence electrons. The van der Waals surface area contributed by atoms with Crippen molar-refractivity contribution in [2.24, 2.45) is 7.05 Å². The zero-order valence-electron chi connectivity index (χ0n) is 13.1. The number of nitrogens with zero attached hydrogens (tertiary/aromatic N) is 2. The highest BCUT2D eigenvalue weighted by atomic mass is 15.3. The SMILES string of the molecule is CCNC(C)c1cccc(-c2cn(C)nc2C(C)C)c1. The topological polar surface area (TPSA) is 29.9 Å². The van der Waals surface area contributed by atoms with Crippen molar-refractivity contribution >= 4 is 0 Å². The molecule has 1 N–H and O–H groups in total. The van der Waals surface area contributed by atoms with Crippen LogP contribution in [0.15, 0.2) is 30.5 Å². The third-order valence-electron chi connectivity index (χ3n) is 3.61. The Hall–Kier alpha value is -1.61. The molecule has 0 aliphatic carbocycles. The number of benzene rings is 1. The molecule has 0 aliphatic heterocycles. The lowest BCUT2D eigenvalue weighted by atomic mass is 9.97. The van der Waals surface area contributed by atoms with Crippen LogP contribution in [-0.2, 0) is 7.05 Å². The molecule has 1 heterocycles. The number of hydrogen-bond acceptors (Lipinski definition) is 2. The van der Waals surface area contributed by atoms with Gasteiger partial charge < -0.3 is 5.32 Å². The number of aryl methyl sites for hydroxylation is 1. The Balaban J connectivity index is 2.41. The summed E-state index contributed by atoms with van der Waals surface area (Å²) in [5.74, 6) is 0.432. The van der Waals surface area contributed by atoms with Gasteiger partial charge in [0, 0.05) is 24.8 Å². The Morgan fingerprint density at radius 3 is 2.65 bits per heavy atom. The lowest BCUT2D eigenvalue weighted by Gasteiger charge is -2.14. The first-order valence-electron chi connectivity index (χ1n) is 7.40. The van der Waals surface area contributed by atoms with Crippen molar-refractivity contribution in [1.82, 2.24) is 15.1 Å². The van der Waals surface area contributed by atoms with E-state index in [-0.39, 0.29) is 0 Å². The van der Waals surface area contributed by atoms with Gasteiger partial charge in [-0.05, 0) is 36.6 Å². The Morgan fingerprint density at radius 2 is 2.00 bits per heavy atom. The molecule has 1 aromatic heterocycles. The second-order valence-corrected chi connectivity index (χ2v) is 5.66. The molecular weight excluding hydrogens is 246 g/mol. The molecule has 0 fully saturated rings.